The van der Waals surface area contributed by atoms with Gasteiger partial charge in [0, 0.05) is 4.47 Å². The minimum atomic E-state index is 1.12. The Labute approximate surface area is 128 Å². The van der Waals surface area contributed by atoms with Crippen molar-refractivity contribution in [3.63, 3.8) is 0 Å². The zero-order valence-corrected chi connectivity index (χ0v) is 12.9. The molecule has 0 atom stereocenters. The van der Waals surface area contributed by atoms with Gasteiger partial charge in [-0.3, -0.25) is 0 Å². The van der Waals surface area contributed by atoms with Crippen molar-refractivity contribution in [2.24, 2.45) is 0 Å². The molecule has 0 aliphatic carbocycles. The monoisotopic (exact) mass is 322 g/mol. The van der Waals surface area contributed by atoms with E-state index in [4.69, 9.17) is 0 Å². The molecule has 0 N–H and O–H groups in total. The minimum Gasteiger partial charge on any atom is -0.0622 e. The van der Waals surface area contributed by atoms with Gasteiger partial charge in [0.15, 0.2) is 0 Å². The van der Waals surface area contributed by atoms with Crippen LogP contribution in [-0.2, 0) is 0 Å². The molecule has 0 nitrogen and oxygen atoms in total. The molecular weight excluding hydrogens is 308 g/mol. The summed E-state index contributed by atoms with van der Waals surface area (Å²) < 4.78 is 1.12. The van der Waals surface area contributed by atoms with Gasteiger partial charge in [-0.25, -0.2) is 0 Å². The molecule has 0 amide bonds. The van der Waals surface area contributed by atoms with E-state index in [1.54, 1.807) is 0 Å². The van der Waals surface area contributed by atoms with Crippen LogP contribution in [-0.4, -0.2) is 0 Å². The van der Waals surface area contributed by atoms with Crippen LogP contribution in [0.15, 0.2) is 77.3 Å². The summed E-state index contributed by atoms with van der Waals surface area (Å²) in [6.45, 7) is 2.11. The van der Waals surface area contributed by atoms with Crippen molar-refractivity contribution in [2.45, 2.75) is 6.92 Å². The molecule has 0 fully saturated rings. The fraction of sp³-hybridized carbons (Fsp3) is 0.0526. The summed E-state index contributed by atoms with van der Waals surface area (Å²) in [4.78, 5) is 0. The summed E-state index contributed by atoms with van der Waals surface area (Å²) in [6, 6.07) is 25.6. The molecule has 98 valence electrons. The smallest absolute Gasteiger partial charge is 0.0254 e. The molecule has 3 aromatic carbocycles. The van der Waals surface area contributed by atoms with Crippen LogP contribution in [0.25, 0.3) is 22.3 Å². The van der Waals surface area contributed by atoms with E-state index in [1.807, 2.05) is 6.07 Å². The SMILES string of the molecule is Cc1ccc(-c2ccc(Br)c(-c3ccccc3)c2)cc1. The molecule has 1 heteroatoms. The van der Waals surface area contributed by atoms with Crippen LogP contribution in [0.5, 0.6) is 0 Å². The first-order chi connectivity index (χ1) is 9.74. The molecule has 0 aliphatic heterocycles. The summed E-state index contributed by atoms with van der Waals surface area (Å²) >= 11 is 3.65. The molecule has 20 heavy (non-hydrogen) atoms. The second kappa shape index (κ2) is 5.64. The van der Waals surface area contributed by atoms with Crippen LogP contribution in [0.3, 0.4) is 0 Å². The summed E-state index contributed by atoms with van der Waals surface area (Å²) in [5.74, 6) is 0. The van der Waals surface area contributed by atoms with Crippen molar-refractivity contribution in [2.75, 3.05) is 0 Å². The Morgan fingerprint density at radius 1 is 0.650 bits per heavy atom. The lowest BCUT2D eigenvalue weighted by Gasteiger charge is -2.09. The molecule has 0 unspecified atom stereocenters. The number of hydrogen-bond donors (Lipinski definition) is 0. The lowest BCUT2D eigenvalue weighted by atomic mass is 9.98. The van der Waals surface area contributed by atoms with E-state index in [9.17, 15) is 0 Å². The van der Waals surface area contributed by atoms with Gasteiger partial charge in [0.1, 0.15) is 0 Å². The first-order valence-corrected chi connectivity index (χ1v) is 7.45. The maximum Gasteiger partial charge on any atom is 0.0254 e. The summed E-state index contributed by atoms with van der Waals surface area (Å²) in [6.07, 6.45) is 0. The normalized spacial score (nSPS) is 10.5. The Morgan fingerprint density at radius 2 is 1.30 bits per heavy atom. The van der Waals surface area contributed by atoms with Gasteiger partial charge in [0.2, 0.25) is 0 Å². The molecule has 0 spiro atoms. The number of aryl methyl sites for hydroxylation is 1. The highest BCUT2D eigenvalue weighted by atomic mass is 79.9. The zero-order valence-electron chi connectivity index (χ0n) is 11.3. The second-order valence-electron chi connectivity index (χ2n) is 4.93. The molecule has 0 aromatic heterocycles. The highest BCUT2D eigenvalue weighted by Gasteiger charge is 2.05. The largest absolute Gasteiger partial charge is 0.0622 e. The molecular formula is C19H15Br. The molecule has 0 heterocycles. The van der Waals surface area contributed by atoms with Gasteiger partial charge in [-0.15, -0.1) is 0 Å². The third-order valence-corrected chi connectivity index (χ3v) is 4.13. The fourth-order valence-electron chi connectivity index (χ4n) is 2.29. The molecule has 0 bridgehead atoms. The van der Waals surface area contributed by atoms with Gasteiger partial charge in [0.05, 0.1) is 0 Å². The lowest BCUT2D eigenvalue weighted by molar-refractivity contribution is 1.47. The second-order valence-corrected chi connectivity index (χ2v) is 5.78. The van der Waals surface area contributed by atoms with Crippen LogP contribution in [0.2, 0.25) is 0 Å². The number of benzene rings is 3. The molecule has 0 radical (unpaired) electrons. The van der Waals surface area contributed by atoms with Crippen LogP contribution < -0.4 is 0 Å². The third kappa shape index (κ3) is 2.68. The minimum absolute atomic E-state index is 1.12. The Morgan fingerprint density at radius 3 is 2.00 bits per heavy atom. The Balaban J connectivity index is 2.09. The Hall–Kier alpha value is -1.86. The maximum absolute atomic E-state index is 3.65. The van der Waals surface area contributed by atoms with E-state index < -0.39 is 0 Å². The molecule has 0 aliphatic rings. The van der Waals surface area contributed by atoms with Crippen molar-refractivity contribution in [1.29, 1.82) is 0 Å². The third-order valence-electron chi connectivity index (χ3n) is 3.44. The van der Waals surface area contributed by atoms with Gasteiger partial charge in [-0.1, -0.05) is 82.2 Å². The van der Waals surface area contributed by atoms with E-state index in [0.29, 0.717) is 0 Å². The van der Waals surface area contributed by atoms with Crippen molar-refractivity contribution in [1.82, 2.24) is 0 Å². The van der Waals surface area contributed by atoms with Gasteiger partial charge >= 0.3 is 0 Å². The first-order valence-electron chi connectivity index (χ1n) is 6.66. The van der Waals surface area contributed by atoms with E-state index in [1.165, 1.54) is 27.8 Å². The van der Waals surface area contributed by atoms with Crippen LogP contribution in [0.4, 0.5) is 0 Å². The number of halogens is 1. The van der Waals surface area contributed by atoms with E-state index in [2.05, 4.69) is 89.6 Å². The summed E-state index contributed by atoms with van der Waals surface area (Å²) in [5.41, 5.74) is 6.23. The molecule has 0 saturated carbocycles. The Kier molecular flexibility index (Phi) is 3.70. The maximum atomic E-state index is 3.65. The first kappa shape index (κ1) is 13.1. The molecule has 3 rings (SSSR count). The lowest BCUT2D eigenvalue weighted by Crippen LogP contribution is -1.83. The predicted molar refractivity (Wildman–Crippen MR) is 89.8 cm³/mol. The van der Waals surface area contributed by atoms with Crippen LogP contribution in [0, 0.1) is 6.92 Å². The topological polar surface area (TPSA) is 0 Å². The van der Waals surface area contributed by atoms with Gasteiger partial charge in [-0.05, 0) is 41.3 Å². The van der Waals surface area contributed by atoms with Crippen molar-refractivity contribution in [3.05, 3.63) is 82.8 Å². The van der Waals surface area contributed by atoms with Crippen LogP contribution in [0.1, 0.15) is 5.56 Å². The van der Waals surface area contributed by atoms with E-state index in [0.717, 1.165) is 4.47 Å². The average molecular weight is 323 g/mol. The van der Waals surface area contributed by atoms with Crippen molar-refractivity contribution < 1.29 is 0 Å². The Bertz CT molecular complexity index is 713. The zero-order chi connectivity index (χ0) is 13.9. The van der Waals surface area contributed by atoms with Crippen molar-refractivity contribution >= 4 is 15.9 Å². The van der Waals surface area contributed by atoms with E-state index >= 15 is 0 Å². The predicted octanol–water partition coefficient (Wildman–Crippen LogP) is 6.09. The highest BCUT2D eigenvalue weighted by Crippen LogP contribution is 2.32. The molecule has 3 aromatic rings. The van der Waals surface area contributed by atoms with E-state index in [-0.39, 0.29) is 0 Å². The van der Waals surface area contributed by atoms with Gasteiger partial charge in [0.25, 0.3) is 0 Å². The van der Waals surface area contributed by atoms with Crippen LogP contribution >= 0.6 is 15.9 Å². The average Bonchev–Trinajstić information content (AvgIpc) is 2.50. The standard InChI is InChI=1S/C19H15Br/c1-14-7-9-15(10-8-14)17-11-12-19(20)18(13-17)16-5-3-2-4-6-16/h2-13H,1H3. The van der Waals surface area contributed by atoms with Crippen molar-refractivity contribution in [3.8, 4) is 22.3 Å². The fourth-order valence-corrected chi connectivity index (χ4v) is 2.77. The highest BCUT2D eigenvalue weighted by molar-refractivity contribution is 9.10. The quantitative estimate of drug-likeness (QED) is 0.535. The number of hydrogen-bond acceptors (Lipinski definition) is 0. The number of rotatable bonds is 2. The summed E-state index contributed by atoms with van der Waals surface area (Å²) in [7, 11) is 0. The molecule has 0 saturated heterocycles. The van der Waals surface area contributed by atoms with Gasteiger partial charge < -0.3 is 0 Å². The summed E-state index contributed by atoms with van der Waals surface area (Å²) in [5, 5.41) is 0. The van der Waals surface area contributed by atoms with Gasteiger partial charge in [-0.2, -0.15) is 0 Å².